The zero-order chi connectivity index (χ0) is 16.3. The van der Waals surface area contributed by atoms with Crippen molar-refractivity contribution in [1.82, 2.24) is 10.6 Å². The van der Waals surface area contributed by atoms with Crippen molar-refractivity contribution < 1.29 is 19.1 Å². The number of hydrogen-bond acceptors (Lipinski definition) is 4. The molecule has 4 amide bonds. The van der Waals surface area contributed by atoms with Crippen LogP contribution in [-0.2, 0) is 9.59 Å². The average Bonchev–Trinajstić information content (AvgIpc) is 2.41. The van der Waals surface area contributed by atoms with E-state index in [9.17, 15) is 14.4 Å². The fourth-order valence-electron chi connectivity index (χ4n) is 1.81. The number of carbonyl (C=O) groups is 3. The van der Waals surface area contributed by atoms with Crippen molar-refractivity contribution in [3.8, 4) is 5.75 Å². The average molecular weight is 343 g/mol. The monoisotopic (exact) mass is 342 g/mol. The van der Waals surface area contributed by atoms with Crippen LogP contribution in [0, 0.1) is 0 Å². The van der Waals surface area contributed by atoms with Gasteiger partial charge in [0.25, 0.3) is 11.8 Å². The Kier molecular flexibility index (Phi) is 5.05. The van der Waals surface area contributed by atoms with Gasteiger partial charge in [-0.05, 0) is 24.6 Å². The van der Waals surface area contributed by atoms with Crippen LogP contribution < -0.4 is 15.4 Å². The molecule has 0 bridgehead atoms. The fourth-order valence-corrected chi connectivity index (χ4v) is 2.37. The highest BCUT2D eigenvalue weighted by Gasteiger charge is 2.28. The van der Waals surface area contributed by atoms with Crippen molar-refractivity contribution in [3.05, 3.63) is 33.3 Å². The normalized spacial score (nSPS) is 14.5. The topological polar surface area (TPSA) is 84.5 Å². The van der Waals surface area contributed by atoms with Crippen LogP contribution in [-0.4, -0.2) is 24.5 Å². The van der Waals surface area contributed by atoms with E-state index < -0.39 is 17.8 Å². The van der Waals surface area contributed by atoms with Crippen molar-refractivity contribution in [2.75, 3.05) is 6.61 Å². The molecular weight excluding hydrogens is 331 g/mol. The molecule has 1 aliphatic heterocycles. The lowest BCUT2D eigenvalue weighted by atomic mass is 10.1. The van der Waals surface area contributed by atoms with E-state index in [0.717, 1.165) is 6.42 Å². The molecule has 1 aromatic rings. The highest BCUT2D eigenvalue weighted by molar-refractivity contribution is 6.36. The summed E-state index contributed by atoms with van der Waals surface area (Å²) in [6, 6.07) is 2.15. The van der Waals surface area contributed by atoms with Gasteiger partial charge in [0, 0.05) is 10.6 Å². The number of imide groups is 2. The predicted molar refractivity (Wildman–Crippen MR) is 81.9 cm³/mol. The highest BCUT2D eigenvalue weighted by Crippen LogP contribution is 2.34. The molecule has 2 rings (SSSR count). The second kappa shape index (κ2) is 6.81. The maximum atomic E-state index is 11.7. The van der Waals surface area contributed by atoms with Crippen molar-refractivity contribution >= 4 is 47.1 Å². The van der Waals surface area contributed by atoms with Crippen molar-refractivity contribution in [2.45, 2.75) is 13.3 Å². The third-order valence-electron chi connectivity index (χ3n) is 2.73. The van der Waals surface area contributed by atoms with Gasteiger partial charge in [0.1, 0.15) is 11.3 Å². The number of benzene rings is 1. The minimum absolute atomic E-state index is 0.237. The molecule has 1 aromatic carbocycles. The maximum absolute atomic E-state index is 11.7. The Morgan fingerprint density at radius 1 is 1.14 bits per heavy atom. The number of ether oxygens (including phenoxy) is 1. The van der Waals surface area contributed by atoms with Crippen LogP contribution in [0.15, 0.2) is 17.7 Å². The van der Waals surface area contributed by atoms with Gasteiger partial charge in [0.15, 0.2) is 0 Å². The lowest BCUT2D eigenvalue weighted by Crippen LogP contribution is -2.51. The molecule has 1 saturated heterocycles. The molecule has 0 radical (unpaired) electrons. The molecule has 0 atom stereocenters. The van der Waals surface area contributed by atoms with Gasteiger partial charge in [-0.2, -0.15) is 0 Å². The van der Waals surface area contributed by atoms with Crippen molar-refractivity contribution in [2.24, 2.45) is 0 Å². The molecule has 0 saturated carbocycles. The minimum atomic E-state index is -0.862. The number of carbonyl (C=O) groups excluding carboxylic acids is 3. The third kappa shape index (κ3) is 3.58. The minimum Gasteiger partial charge on any atom is -0.491 e. The number of barbiturate groups is 1. The zero-order valence-corrected chi connectivity index (χ0v) is 13.0. The molecular formula is C14H12Cl2N2O4. The van der Waals surface area contributed by atoms with E-state index >= 15 is 0 Å². The van der Waals surface area contributed by atoms with Crippen molar-refractivity contribution in [1.29, 1.82) is 0 Å². The lowest BCUT2D eigenvalue weighted by Gasteiger charge is -2.15. The number of rotatable bonds is 4. The summed E-state index contributed by atoms with van der Waals surface area (Å²) in [7, 11) is 0. The Hall–Kier alpha value is -2.05. The molecule has 2 N–H and O–H groups in total. The summed E-state index contributed by atoms with van der Waals surface area (Å²) in [5.41, 5.74) is 0.139. The second-order valence-electron chi connectivity index (χ2n) is 4.45. The van der Waals surface area contributed by atoms with E-state index in [-0.39, 0.29) is 10.6 Å². The molecule has 116 valence electrons. The zero-order valence-electron chi connectivity index (χ0n) is 11.5. The predicted octanol–water partition coefficient (Wildman–Crippen LogP) is 2.53. The number of halogens is 2. The Bertz CT molecular complexity index is 664. The van der Waals surface area contributed by atoms with E-state index in [1.165, 1.54) is 18.2 Å². The third-order valence-corrected chi connectivity index (χ3v) is 3.23. The molecule has 22 heavy (non-hydrogen) atoms. The summed E-state index contributed by atoms with van der Waals surface area (Å²) >= 11 is 12.0. The van der Waals surface area contributed by atoms with Crippen LogP contribution in [0.5, 0.6) is 5.75 Å². The van der Waals surface area contributed by atoms with Crippen LogP contribution in [0.25, 0.3) is 6.08 Å². The largest absolute Gasteiger partial charge is 0.491 e. The van der Waals surface area contributed by atoms with E-state index in [0.29, 0.717) is 22.9 Å². The summed E-state index contributed by atoms with van der Waals surface area (Å²) in [5, 5.41) is 4.57. The van der Waals surface area contributed by atoms with Gasteiger partial charge < -0.3 is 4.74 Å². The Labute approximate surface area is 136 Å². The molecule has 6 nitrogen and oxygen atoms in total. The first kappa shape index (κ1) is 16.3. The molecule has 1 heterocycles. The molecule has 0 aromatic heterocycles. The molecule has 1 fully saturated rings. The molecule has 0 spiro atoms. The van der Waals surface area contributed by atoms with Gasteiger partial charge >= 0.3 is 6.03 Å². The number of urea groups is 1. The lowest BCUT2D eigenvalue weighted by molar-refractivity contribution is -0.123. The molecule has 0 unspecified atom stereocenters. The maximum Gasteiger partial charge on any atom is 0.328 e. The van der Waals surface area contributed by atoms with Crippen LogP contribution in [0.3, 0.4) is 0 Å². The van der Waals surface area contributed by atoms with Gasteiger partial charge in [-0.3, -0.25) is 20.2 Å². The Morgan fingerprint density at radius 3 is 2.36 bits per heavy atom. The standard InChI is InChI=1S/C14H12Cl2N2O4/c1-2-3-22-11-7(4-8(15)6-10(11)16)5-9-12(19)17-14(21)18-13(9)20/h4-6H,2-3H2,1H3,(H2,17,18,19,20,21). The van der Waals surface area contributed by atoms with Crippen LogP contribution in [0.4, 0.5) is 4.79 Å². The molecule has 0 aliphatic carbocycles. The van der Waals surface area contributed by atoms with Gasteiger partial charge in [0.2, 0.25) is 0 Å². The molecule has 8 heteroatoms. The summed E-state index contributed by atoms with van der Waals surface area (Å²) in [6.07, 6.45) is 2.03. The smallest absolute Gasteiger partial charge is 0.328 e. The number of hydrogen-bond donors (Lipinski definition) is 2. The van der Waals surface area contributed by atoms with E-state index in [4.69, 9.17) is 27.9 Å². The van der Waals surface area contributed by atoms with Crippen molar-refractivity contribution in [3.63, 3.8) is 0 Å². The first-order valence-electron chi connectivity index (χ1n) is 6.42. The Balaban J connectivity index is 2.47. The summed E-state index contributed by atoms with van der Waals surface area (Å²) < 4.78 is 5.54. The summed E-state index contributed by atoms with van der Waals surface area (Å²) in [5.74, 6) is -1.28. The fraction of sp³-hybridized carbons (Fsp3) is 0.214. The van der Waals surface area contributed by atoms with Gasteiger partial charge in [-0.15, -0.1) is 0 Å². The SMILES string of the molecule is CCCOc1c(Cl)cc(Cl)cc1C=C1C(=O)NC(=O)NC1=O. The summed E-state index contributed by atoms with van der Waals surface area (Å²) in [6.45, 7) is 2.34. The quantitative estimate of drug-likeness (QED) is 0.650. The summed E-state index contributed by atoms with van der Waals surface area (Å²) in [4.78, 5) is 34.5. The van der Waals surface area contributed by atoms with Gasteiger partial charge in [0.05, 0.1) is 11.6 Å². The van der Waals surface area contributed by atoms with Crippen LogP contribution in [0.2, 0.25) is 10.0 Å². The van der Waals surface area contributed by atoms with Crippen LogP contribution in [0.1, 0.15) is 18.9 Å². The Morgan fingerprint density at radius 2 is 1.77 bits per heavy atom. The van der Waals surface area contributed by atoms with E-state index in [1.54, 1.807) is 0 Å². The molecule has 1 aliphatic rings. The van der Waals surface area contributed by atoms with E-state index in [2.05, 4.69) is 0 Å². The highest BCUT2D eigenvalue weighted by atomic mass is 35.5. The van der Waals surface area contributed by atoms with Crippen LogP contribution >= 0.6 is 23.2 Å². The first-order chi connectivity index (χ1) is 10.4. The van der Waals surface area contributed by atoms with Gasteiger partial charge in [-0.1, -0.05) is 30.1 Å². The number of nitrogens with one attached hydrogen (secondary N) is 2. The first-order valence-corrected chi connectivity index (χ1v) is 7.18. The second-order valence-corrected chi connectivity index (χ2v) is 5.29. The van der Waals surface area contributed by atoms with Gasteiger partial charge in [-0.25, -0.2) is 4.79 Å². The van der Waals surface area contributed by atoms with E-state index in [1.807, 2.05) is 17.6 Å². The number of amides is 4.